The second-order valence-electron chi connectivity index (χ2n) is 2.11. The van der Waals surface area contributed by atoms with Crippen molar-refractivity contribution in [3.8, 4) is 0 Å². The Morgan fingerprint density at radius 3 is 2.64 bits per heavy atom. The van der Waals surface area contributed by atoms with Crippen LogP contribution in [0.25, 0.3) is 0 Å². The molecule has 2 rings (SSSR count). The summed E-state index contributed by atoms with van der Waals surface area (Å²) in [6, 6.07) is 9.76. The summed E-state index contributed by atoms with van der Waals surface area (Å²) in [6.45, 7) is 0. The molecule has 0 bridgehead atoms. The van der Waals surface area contributed by atoms with Crippen molar-refractivity contribution in [3.05, 3.63) is 30.3 Å². The summed E-state index contributed by atoms with van der Waals surface area (Å²) in [4.78, 5) is 0. The highest BCUT2D eigenvalue weighted by Gasteiger charge is 2.07. The van der Waals surface area contributed by atoms with Crippen LogP contribution < -0.4 is 16.1 Å². The van der Waals surface area contributed by atoms with E-state index in [1.807, 2.05) is 30.3 Å². The lowest BCUT2D eigenvalue weighted by atomic mass is 10.3. The van der Waals surface area contributed by atoms with E-state index in [1.54, 1.807) is 5.12 Å². The first kappa shape index (κ1) is 6.03. The Balaban J connectivity index is 2.17. The van der Waals surface area contributed by atoms with Gasteiger partial charge >= 0.3 is 0 Å². The highest BCUT2D eigenvalue weighted by molar-refractivity contribution is 5.61. The van der Waals surface area contributed by atoms with Gasteiger partial charge < -0.3 is 0 Å². The van der Waals surface area contributed by atoms with Gasteiger partial charge in [-0.2, -0.15) is 5.12 Å². The maximum absolute atomic E-state index is 3.80. The molecule has 4 heteroatoms. The van der Waals surface area contributed by atoms with Gasteiger partial charge in [0, 0.05) is 0 Å². The SMILES string of the molecule is C1=N[N]N(c2ccccc2)N1. The summed E-state index contributed by atoms with van der Waals surface area (Å²) in [6.07, 6.45) is 1.53. The summed E-state index contributed by atoms with van der Waals surface area (Å²) in [7, 11) is 0. The lowest BCUT2D eigenvalue weighted by Gasteiger charge is -2.12. The van der Waals surface area contributed by atoms with Gasteiger partial charge in [-0.05, 0) is 17.7 Å². The summed E-state index contributed by atoms with van der Waals surface area (Å²) < 4.78 is 0. The van der Waals surface area contributed by atoms with Crippen LogP contribution in [0.5, 0.6) is 0 Å². The molecule has 55 valence electrons. The Morgan fingerprint density at radius 1 is 1.18 bits per heavy atom. The molecule has 0 unspecified atom stereocenters. The zero-order valence-electron chi connectivity index (χ0n) is 5.81. The molecule has 1 aromatic rings. The first-order valence-electron chi connectivity index (χ1n) is 3.30. The topological polar surface area (TPSA) is 41.7 Å². The quantitative estimate of drug-likeness (QED) is 0.627. The van der Waals surface area contributed by atoms with Crippen LogP contribution in [0.2, 0.25) is 0 Å². The molecule has 11 heavy (non-hydrogen) atoms. The van der Waals surface area contributed by atoms with E-state index in [2.05, 4.69) is 16.1 Å². The van der Waals surface area contributed by atoms with Crippen LogP contribution in [0, 0.1) is 0 Å². The molecule has 0 saturated heterocycles. The number of hydrogen-bond donors (Lipinski definition) is 1. The van der Waals surface area contributed by atoms with Gasteiger partial charge in [0.1, 0.15) is 6.34 Å². The third kappa shape index (κ3) is 1.10. The Kier molecular flexibility index (Phi) is 1.37. The zero-order valence-corrected chi connectivity index (χ0v) is 5.81. The molecule has 4 nitrogen and oxygen atoms in total. The fourth-order valence-corrected chi connectivity index (χ4v) is 0.879. The van der Waals surface area contributed by atoms with Crippen molar-refractivity contribution in [1.82, 2.24) is 11.0 Å². The van der Waals surface area contributed by atoms with Crippen molar-refractivity contribution in [3.63, 3.8) is 0 Å². The van der Waals surface area contributed by atoms with Crippen LogP contribution in [0.4, 0.5) is 5.69 Å². The lowest BCUT2D eigenvalue weighted by molar-refractivity contribution is 0.671. The Morgan fingerprint density at radius 2 is 2.00 bits per heavy atom. The van der Waals surface area contributed by atoms with Crippen molar-refractivity contribution >= 4 is 12.0 Å². The molecule has 0 saturated carbocycles. The van der Waals surface area contributed by atoms with E-state index < -0.39 is 0 Å². The maximum atomic E-state index is 3.80. The van der Waals surface area contributed by atoms with Gasteiger partial charge in [0.2, 0.25) is 0 Å². The third-order valence-electron chi connectivity index (χ3n) is 1.38. The Labute approximate surface area is 64.5 Å². The number of rotatable bonds is 1. The maximum Gasteiger partial charge on any atom is 0.133 e. The minimum Gasteiger partial charge on any atom is -0.264 e. The molecular formula is C7H7N4. The molecule has 1 aliphatic heterocycles. The smallest absolute Gasteiger partial charge is 0.133 e. The van der Waals surface area contributed by atoms with Gasteiger partial charge in [0.05, 0.1) is 5.69 Å². The summed E-state index contributed by atoms with van der Waals surface area (Å²) >= 11 is 0. The average Bonchev–Trinajstić information content (AvgIpc) is 2.58. The number of benzene rings is 1. The molecule has 1 aromatic carbocycles. The number of nitrogens with zero attached hydrogens (tertiary/aromatic N) is 3. The molecule has 1 radical (unpaired) electrons. The van der Waals surface area contributed by atoms with Crippen LogP contribution in [-0.2, 0) is 0 Å². The van der Waals surface area contributed by atoms with E-state index in [1.165, 1.54) is 6.34 Å². The minimum atomic E-state index is 0.977. The highest BCUT2D eigenvalue weighted by atomic mass is 15.9. The van der Waals surface area contributed by atoms with Gasteiger partial charge in [-0.25, -0.2) is 0 Å². The van der Waals surface area contributed by atoms with Crippen LogP contribution in [0.15, 0.2) is 35.4 Å². The number of anilines is 1. The predicted octanol–water partition coefficient (Wildman–Crippen LogP) is 0.474. The number of nitrogens with one attached hydrogen (secondary N) is 1. The minimum absolute atomic E-state index is 0.977. The molecule has 1 heterocycles. The van der Waals surface area contributed by atoms with Crippen LogP contribution in [0.3, 0.4) is 0 Å². The molecule has 1 N–H and O–H groups in total. The first-order chi connectivity index (χ1) is 5.47. The molecule has 0 amide bonds. The summed E-state index contributed by atoms with van der Waals surface area (Å²) in [5, 5.41) is 5.25. The molecule has 0 spiro atoms. The van der Waals surface area contributed by atoms with Crippen LogP contribution in [0.1, 0.15) is 0 Å². The zero-order chi connectivity index (χ0) is 7.52. The molecular weight excluding hydrogens is 140 g/mol. The average molecular weight is 147 g/mol. The number of hydrazine groups is 1. The van der Waals surface area contributed by atoms with Gasteiger partial charge in [-0.15, -0.1) is 5.10 Å². The van der Waals surface area contributed by atoms with Crippen LogP contribution >= 0.6 is 0 Å². The van der Waals surface area contributed by atoms with Gasteiger partial charge in [-0.1, -0.05) is 18.2 Å². The predicted molar refractivity (Wildman–Crippen MR) is 42.7 cm³/mol. The van der Waals surface area contributed by atoms with E-state index in [0.717, 1.165) is 5.69 Å². The van der Waals surface area contributed by atoms with Crippen molar-refractivity contribution < 1.29 is 0 Å². The van der Waals surface area contributed by atoms with Crippen molar-refractivity contribution in [1.29, 1.82) is 0 Å². The van der Waals surface area contributed by atoms with Gasteiger partial charge in [0.25, 0.3) is 0 Å². The van der Waals surface area contributed by atoms with Crippen molar-refractivity contribution in [2.45, 2.75) is 0 Å². The highest BCUT2D eigenvalue weighted by Crippen LogP contribution is 2.09. The second-order valence-corrected chi connectivity index (χ2v) is 2.11. The molecule has 0 fully saturated rings. The molecule has 0 aromatic heterocycles. The Hall–Kier alpha value is -1.71. The monoisotopic (exact) mass is 147 g/mol. The van der Waals surface area contributed by atoms with E-state index in [4.69, 9.17) is 0 Å². The standard InChI is InChI=1S/C7H7N4/c1-2-4-7(5-3-1)11-9-6-8-10-11/h1-6H,(H,8,9). The second kappa shape index (κ2) is 2.49. The van der Waals surface area contributed by atoms with E-state index in [-0.39, 0.29) is 0 Å². The van der Waals surface area contributed by atoms with E-state index in [9.17, 15) is 0 Å². The normalized spacial score (nSPS) is 14.4. The molecule has 0 aliphatic carbocycles. The molecule has 0 atom stereocenters. The first-order valence-corrected chi connectivity index (χ1v) is 3.30. The fraction of sp³-hybridized carbons (Fsp3) is 0. The number of para-hydroxylation sites is 1. The third-order valence-corrected chi connectivity index (χ3v) is 1.38. The summed E-state index contributed by atoms with van der Waals surface area (Å²) in [5.74, 6) is 0. The number of hydrogen-bond acceptors (Lipinski definition) is 3. The summed E-state index contributed by atoms with van der Waals surface area (Å²) in [5.41, 5.74) is 7.62. The largest absolute Gasteiger partial charge is 0.264 e. The van der Waals surface area contributed by atoms with Gasteiger partial charge in [-0.3, -0.25) is 5.43 Å². The Bertz CT molecular complexity index is 248. The van der Waals surface area contributed by atoms with E-state index >= 15 is 0 Å². The van der Waals surface area contributed by atoms with Crippen molar-refractivity contribution in [2.24, 2.45) is 5.10 Å². The molecule has 1 aliphatic rings. The lowest BCUT2D eigenvalue weighted by Crippen LogP contribution is -2.34. The van der Waals surface area contributed by atoms with Gasteiger partial charge in [0.15, 0.2) is 0 Å². The fourth-order valence-electron chi connectivity index (χ4n) is 0.879. The van der Waals surface area contributed by atoms with Crippen molar-refractivity contribution in [2.75, 3.05) is 5.12 Å². The van der Waals surface area contributed by atoms with E-state index in [0.29, 0.717) is 0 Å². The van der Waals surface area contributed by atoms with Crippen LogP contribution in [-0.4, -0.2) is 6.34 Å².